The Bertz CT molecular complexity index is 1120. The molecule has 0 saturated heterocycles. The molecule has 0 aromatic carbocycles. The van der Waals surface area contributed by atoms with E-state index < -0.39 is 0 Å². The number of H-pyrrole nitrogens is 1. The van der Waals surface area contributed by atoms with Crippen LogP contribution in [-0.4, -0.2) is 31.0 Å². The fraction of sp³-hybridized carbons (Fsp3) is 0.400. The number of nitrogens with one attached hydrogen (secondary N) is 2. The first-order valence-electron chi connectivity index (χ1n) is 9.66. The highest BCUT2D eigenvalue weighted by atomic mass is 32.2. The highest BCUT2D eigenvalue weighted by Gasteiger charge is 2.21. The number of furan rings is 1. The van der Waals surface area contributed by atoms with E-state index in [9.17, 15) is 14.9 Å². The zero-order chi connectivity index (χ0) is 21.7. The Morgan fingerprint density at radius 2 is 2.20 bits per heavy atom. The van der Waals surface area contributed by atoms with Crippen LogP contribution in [-0.2, 0) is 17.9 Å². The van der Waals surface area contributed by atoms with Gasteiger partial charge in [-0.3, -0.25) is 9.36 Å². The van der Waals surface area contributed by atoms with Gasteiger partial charge in [-0.05, 0) is 38.0 Å². The van der Waals surface area contributed by atoms with Gasteiger partial charge in [-0.2, -0.15) is 5.26 Å². The van der Waals surface area contributed by atoms with Crippen LogP contribution >= 0.6 is 11.8 Å². The van der Waals surface area contributed by atoms with Gasteiger partial charge in [-0.25, -0.2) is 9.89 Å². The molecule has 0 unspecified atom stereocenters. The second-order valence-electron chi connectivity index (χ2n) is 6.86. The summed E-state index contributed by atoms with van der Waals surface area (Å²) >= 11 is 1.18. The minimum Gasteiger partial charge on any atom is -0.467 e. The van der Waals surface area contributed by atoms with Gasteiger partial charge in [0.05, 0.1) is 24.1 Å². The minimum atomic E-state index is -0.285. The molecule has 0 saturated carbocycles. The van der Waals surface area contributed by atoms with E-state index in [2.05, 4.69) is 21.6 Å². The SMILES string of the molecule is CCCCn1c(SCC(=O)Nc2c(C#N)c(C)c(C)n2Cc2ccco2)n[nH]c1=O. The summed E-state index contributed by atoms with van der Waals surface area (Å²) in [5, 5.41) is 19.4. The van der Waals surface area contributed by atoms with Crippen molar-refractivity contribution in [3.05, 3.63) is 51.5 Å². The van der Waals surface area contributed by atoms with Gasteiger partial charge in [0.1, 0.15) is 17.6 Å². The third kappa shape index (κ3) is 4.52. The molecule has 10 heteroatoms. The lowest BCUT2D eigenvalue weighted by molar-refractivity contribution is -0.113. The standard InChI is InChI=1S/C20H24N6O3S/c1-4-5-8-25-19(28)23-24-20(25)30-12-17(27)22-18-16(10-21)13(2)14(3)26(18)11-15-7-6-9-29-15/h6-7,9H,4-5,8,11-12H2,1-3H3,(H,22,27)(H,23,28). The average Bonchev–Trinajstić information content (AvgIpc) is 3.42. The maximum absolute atomic E-state index is 12.7. The largest absolute Gasteiger partial charge is 0.467 e. The Morgan fingerprint density at radius 3 is 2.87 bits per heavy atom. The number of hydrogen-bond acceptors (Lipinski definition) is 6. The van der Waals surface area contributed by atoms with Crippen molar-refractivity contribution in [1.82, 2.24) is 19.3 Å². The van der Waals surface area contributed by atoms with Crippen LogP contribution < -0.4 is 11.0 Å². The zero-order valence-corrected chi connectivity index (χ0v) is 18.0. The predicted octanol–water partition coefficient (Wildman–Crippen LogP) is 3.03. The van der Waals surface area contributed by atoms with Crippen LogP contribution in [0.25, 0.3) is 0 Å². The summed E-state index contributed by atoms with van der Waals surface area (Å²) in [6.07, 6.45) is 3.39. The first kappa shape index (κ1) is 21.5. The Balaban J connectivity index is 1.76. The van der Waals surface area contributed by atoms with Crippen LogP contribution in [0.4, 0.5) is 5.82 Å². The highest BCUT2D eigenvalue weighted by molar-refractivity contribution is 7.99. The van der Waals surface area contributed by atoms with Crippen LogP contribution in [0, 0.1) is 25.2 Å². The molecule has 3 rings (SSSR count). The third-order valence-electron chi connectivity index (χ3n) is 4.88. The summed E-state index contributed by atoms with van der Waals surface area (Å²) in [5.41, 5.74) is 1.84. The summed E-state index contributed by atoms with van der Waals surface area (Å²) in [6.45, 7) is 6.76. The second-order valence-corrected chi connectivity index (χ2v) is 7.81. The third-order valence-corrected chi connectivity index (χ3v) is 5.86. The van der Waals surface area contributed by atoms with Crippen molar-refractivity contribution in [3.63, 3.8) is 0 Å². The molecule has 9 nitrogen and oxygen atoms in total. The number of carbonyl (C=O) groups excluding carboxylic acids is 1. The van der Waals surface area contributed by atoms with Gasteiger partial charge in [-0.1, -0.05) is 25.1 Å². The molecule has 0 aliphatic rings. The first-order valence-corrected chi connectivity index (χ1v) is 10.6. The Hall–Kier alpha value is -3.19. The summed E-state index contributed by atoms with van der Waals surface area (Å²) in [4.78, 5) is 24.5. The molecule has 0 atom stereocenters. The van der Waals surface area contributed by atoms with Crippen molar-refractivity contribution < 1.29 is 9.21 Å². The van der Waals surface area contributed by atoms with Gasteiger partial charge in [0.2, 0.25) is 5.91 Å². The molecular formula is C20H24N6O3S. The van der Waals surface area contributed by atoms with Gasteiger partial charge in [0.25, 0.3) is 0 Å². The van der Waals surface area contributed by atoms with Crippen LogP contribution in [0.5, 0.6) is 0 Å². The van der Waals surface area contributed by atoms with E-state index in [1.54, 1.807) is 12.3 Å². The van der Waals surface area contributed by atoms with Gasteiger partial charge in [-0.15, -0.1) is 5.10 Å². The van der Waals surface area contributed by atoms with Crippen molar-refractivity contribution in [2.45, 2.75) is 51.9 Å². The number of rotatable bonds is 9. The zero-order valence-electron chi connectivity index (χ0n) is 17.2. The van der Waals surface area contributed by atoms with Crippen LogP contribution in [0.15, 0.2) is 32.8 Å². The number of nitriles is 1. The molecule has 3 heterocycles. The Morgan fingerprint density at radius 1 is 1.40 bits per heavy atom. The lowest BCUT2D eigenvalue weighted by Gasteiger charge is -2.12. The predicted molar refractivity (Wildman–Crippen MR) is 114 cm³/mol. The molecule has 3 aromatic rings. The summed E-state index contributed by atoms with van der Waals surface area (Å²) in [5.74, 6) is 0.941. The molecule has 3 aromatic heterocycles. The number of unbranched alkanes of at least 4 members (excludes halogenated alkanes) is 1. The van der Waals surface area contributed by atoms with Crippen LogP contribution in [0.1, 0.15) is 42.3 Å². The lowest BCUT2D eigenvalue weighted by Crippen LogP contribution is -2.20. The molecule has 158 valence electrons. The molecule has 30 heavy (non-hydrogen) atoms. The summed E-state index contributed by atoms with van der Waals surface area (Å²) < 4.78 is 8.82. The van der Waals surface area contributed by atoms with E-state index >= 15 is 0 Å². The molecule has 0 spiro atoms. The van der Waals surface area contributed by atoms with Crippen molar-refractivity contribution in [1.29, 1.82) is 5.26 Å². The smallest absolute Gasteiger partial charge is 0.343 e. The number of amides is 1. The van der Waals surface area contributed by atoms with E-state index in [4.69, 9.17) is 4.42 Å². The molecule has 0 aliphatic carbocycles. The fourth-order valence-electron chi connectivity index (χ4n) is 3.11. The van der Waals surface area contributed by atoms with Gasteiger partial charge in [0, 0.05) is 12.2 Å². The normalized spacial score (nSPS) is 10.9. The van der Waals surface area contributed by atoms with Crippen LogP contribution in [0.3, 0.4) is 0 Å². The maximum Gasteiger partial charge on any atom is 0.343 e. The molecule has 0 radical (unpaired) electrons. The number of carbonyl (C=O) groups is 1. The minimum absolute atomic E-state index is 0.0608. The van der Waals surface area contributed by atoms with Gasteiger partial charge >= 0.3 is 5.69 Å². The van der Waals surface area contributed by atoms with E-state index in [1.165, 1.54) is 16.3 Å². The maximum atomic E-state index is 12.7. The van der Waals surface area contributed by atoms with Crippen molar-refractivity contribution >= 4 is 23.5 Å². The van der Waals surface area contributed by atoms with Gasteiger partial charge in [0.15, 0.2) is 5.16 Å². The topological polar surface area (TPSA) is 122 Å². The first-order chi connectivity index (χ1) is 14.5. The number of aromatic nitrogens is 4. The number of anilines is 1. The summed E-state index contributed by atoms with van der Waals surface area (Å²) in [7, 11) is 0. The molecule has 0 fully saturated rings. The average molecular weight is 429 g/mol. The van der Waals surface area contributed by atoms with Crippen LogP contribution in [0.2, 0.25) is 0 Å². The molecule has 0 aliphatic heterocycles. The van der Waals surface area contributed by atoms with Crippen molar-refractivity contribution in [2.24, 2.45) is 0 Å². The molecule has 0 bridgehead atoms. The van der Waals surface area contributed by atoms with E-state index in [0.717, 1.165) is 29.9 Å². The molecular weight excluding hydrogens is 404 g/mol. The van der Waals surface area contributed by atoms with E-state index in [0.29, 0.717) is 29.6 Å². The Kier molecular flexibility index (Phi) is 6.84. The van der Waals surface area contributed by atoms with Gasteiger partial charge < -0.3 is 14.3 Å². The van der Waals surface area contributed by atoms with Crippen molar-refractivity contribution in [3.8, 4) is 6.07 Å². The second kappa shape index (κ2) is 9.54. The lowest BCUT2D eigenvalue weighted by atomic mass is 10.2. The molecule has 2 N–H and O–H groups in total. The van der Waals surface area contributed by atoms with Crippen molar-refractivity contribution in [2.75, 3.05) is 11.1 Å². The monoisotopic (exact) mass is 428 g/mol. The van der Waals surface area contributed by atoms with E-state index in [-0.39, 0.29) is 17.3 Å². The summed E-state index contributed by atoms with van der Waals surface area (Å²) in [6, 6.07) is 5.82. The number of hydrogen-bond donors (Lipinski definition) is 2. The number of nitrogens with zero attached hydrogens (tertiary/aromatic N) is 4. The molecule has 1 amide bonds. The highest BCUT2D eigenvalue weighted by Crippen LogP contribution is 2.28. The van der Waals surface area contributed by atoms with E-state index in [1.807, 2.05) is 31.4 Å². The quantitative estimate of drug-likeness (QED) is 0.505. The number of thioether (sulfide) groups is 1. The fourth-order valence-corrected chi connectivity index (χ4v) is 3.88. The Labute approximate surface area is 178 Å². The number of aromatic amines is 1.